The van der Waals surface area contributed by atoms with Crippen LogP contribution in [0.5, 0.6) is 0 Å². The predicted octanol–water partition coefficient (Wildman–Crippen LogP) is 2.09. The maximum Gasteiger partial charge on any atom is 0.240 e. The van der Waals surface area contributed by atoms with Crippen molar-refractivity contribution in [3.63, 3.8) is 0 Å². The minimum absolute atomic E-state index is 0.140. The molecule has 1 aliphatic carbocycles. The SMILES string of the molecule is Cc1ccc(NC(=O)C2(C(=O)NCCCN(C)C)CC2)c(C)c1. The highest BCUT2D eigenvalue weighted by Crippen LogP contribution is 2.47. The summed E-state index contributed by atoms with van der Waals surface area (Å²) in [4.78, 5) is 27.0. The second-order valence-electron chi connectivity index (χ2n) is 6.77. The molecule has 0 bridgehead atoms. The number of hydrogen-bond acceptors (Lipinski definition) is 3. The van der Waals surface area contributed by atoms with E-state index in [0.717, 1.165) is 29.8 Å². The van der Waals surface area contributed by atoms with Gasteiger partial charge in [0.2, 0.25) is 11.8 Å². The Bertz CT molecular complexity index is 592. The third-order valence-corrected chi connectivity index (χ3v) is 4.32. The molecule has 1 aromatic rings. The molecular formula is C18H27N3O2. The van der Waals surface area contributed by atoms with Crippen LogP contribution in [-0.2, 0) is 9.59 Å². The van der Waals surface area contributed by atoms with Gasteiger partial charge in [-0.2, -0.15) is 0 Å². The fourth-order valence-corrected chi connectivity index (χ4v) is 2.64. The van der Waals surface area contributed by atoms with Crippen LogP contribution in [-0.4, -0.2) is 43.9 Å². The summed E-state index contributed by atoms with van der Waals surface area (Å²) < 4.78 is 0. The maximum atomic E-state index is 12.5. The Morgan fingerprint density at radius 3 is 2.43 bits per heavy atom. The second kappa shape index (κ2) is 7.13. The molecule has 5 heteroatoms. The second-order valence-corrected chi connectivity index (χ2v) is 6.77. The first-order valence-electron chi connectivity index (χ1n) is 8.17. The number of nitrogens with one attached hydrogen (secondary N) is 2. The van der Waals surface area contributed by atoms with Gasteiger partial charge in [0.25, 0.3) is 0 Å². The number of carbonyl (C=O) groups is 2. The van der Waals surface area contributed by atoms with E-state index in [4.69, 9.17) is 0 Å². The molecule has 1 fully saturated rings. The highest BCUT2D eigenvalue weighted by Gasteiger charge is 2.56. The van der Waals surface area contributed by atoms with Crippen molar-refractivity contribution in [3.05, 3.63) is 29.3 Å². The van der Waals surface area contributed by atoms with Crippen molar-refractivity contribution >= 4 is 17.5 Å². The summed E-state index contributed by atoms with van der Waals surface area (Å²) in [6.45, 7) is 5.50. The predicted molar refractivity (Wildman–Crippen MR) is 92.4 cm³/mol. The molecular weight excluding hydrogens is 290 g/mol. The molecule has 1 aromatic carbocycles. The van der Waals surface area contributed by atoms with E-state index < -0.39 is 5.41 Å². The summed E-state index contributed by atoms with van der Waals surface area (Å²) in [6.07, 6.45) is 2.14. The Morgan fingerprint density at radius 2 is 1.87 bits per heavy atom. The molecule has 0 heterocycles. The van der Waals surface area contributed by atoms with Gasteiger partial charge in [-0.25, -0.2) is 0 Å². The largest absolute Gasteiger partial charge is 0.355 e. The Balaban J connectivity index is 1.91. The Morgan fingerprint density at radius 1 is 1.17 bits per heavy atom. The van der Waals surface area contributed by atoms with Crippen LogP contribution in [0.25, 0.3) is 0 Å². The van der Waals surface area contributed by atoms with Gasteiger partial charge in [-0.05, 0) is 65.4 Å². The zero-order chi connectivity index (χ0) is 17.0. The minimum Gasteiger partial charge on any atom is -0.355 e. The van der Waals surface area contributed by atoms with Gasteiger partial charge < -0.3 is 15.5 Å². The van der Waals surface area contributed by atoms with E-state index in [1.165, 1.54) is 0 Å². The van der Waals surface area contributed by atoms with Crippen molar-refractivity contribution in [1.82, 2.24) is 10.2 Å². The smallest absolute Gasteiger partial charge is 0.240 e. The number of rotatable bonds is 7. The molecule has 0 saturated heterocycles. The number of amides is 2. The van der Waals surface area contributed by atoms with E-state index in [-0.39, 0.29) is 11.8 Å². The van der Waals surface area contributed by atoms with E-state index >= 15 is 0 Å². The normalized spacial score (nSPS) is 15.3. The quantitative estimate of drug-likeness (QED) is 0.598. The first kappa shape index (κ1) is 17.5. The molecule has 0 atom stereocenters. The van der Waals surface area contributed by atoms with E-state index in [1.54, 1.807) is 0 Å². The van der Waals surface area contributed by atoms with Crippen molar-refractivity contribution in [1.29, 1.82) is 0 Å². The van der Waals surface area contributed by atoms with Gasteiger partial charge in [-0.3, -0.25) is 9.59 Å². The summed E-state index contributed by atoms with van der Waals surface area (Å²) in [5, 5.41) is 5.83. The number of hydrogen-bond donors (Lipinski definition) is 2. The van der Waals surface area contributed by atoms with E-state index in [9.17, 15) is 9.59 Å². The molecule has 2 N–H and O–H groups in total. The van der Waals surface area contributed by atoms with Crippen molar-refractivity contribution in [2.45, 2.75) is 33.1 Å². The highest BCUT2D eigenvalue weighted by molar-refractivity contribution is 6.13. The molecule has 0 radical (unpaired) electrons. The van der Waals surface area contributed by atoms with Crippen LogP contribution in [0.4, 0.5) is 5.69 Å². The summed E-state index contributed by atoms with van der Waals surface area (Å²) in [6, 6.07) is 5.88. The third-order valence-electron chi connectivity index (χ3n) is 4.32. The van der Waals surface area contributed by atoms with Crippen molar-refractivity contribution in [3.8, 4) is 0 Å². The summed E-state index contributed by atoms with van der Waals surface area (Å²) in [7, 11) is 4.00. The molecule has 0 aromatic heterocycles. The van der Waals surface area contributed by atoms with Gasteiger partial charge in [-0.1, -0.05) is 17.7 Å². The number of aryl methyl sites for hydroxylation is 2. The molecule has 0 unspecified atom stereocenters. The van der Waals surface area contributed by atoms with Gasteiger partial charge in [-0.15, -0.1) is 0 Å². The van der Waals surface area contributed by atoms with Crippen LogP contribution in [0, 0.1) is 19.3 Å². The first-order valence-corrected chi connectivity index (χ1v) is 8.17. The molecule has 1 aliphatic rings. The van der Waals surface area contributed by atoms with Gasteiger partial charge in [0, 0.05) is 12.2 Å². The molecule has 2 amide bonds. The molecule has 5 nitrogen and oxygen atoms in total. The van der Waals surface area contributed by atoms with E-state index in [0.29, 0.717) is 19.4 Å². The number of benzene rings is 1. The lowest BCUT2D eigenvalue weighted by atomic mass is 10.0. The molecule has 0 spiro atoms. The van der Waals surface area contributed by atoms with Gasteiger partial charge in [0.05, 0.1) is 0 Å². The van der Waals surface area contributed by atoms with Crippen LogP contribution < -0.4 is 10.6 Å². The van der Waals surface area contributed by atoms with Crippen molar-refractivity contribution in [2.75, 3.05) is 32.5 Å². The zero-order valence-corrected chi connectivity index (χ0v) is 14.5. The third kappa shape index (κ3) is 4.32. The first-order chi connectivity index (χ1) is 10.8. The Labute approximate surface area is 138 Å². The fourth-order valence-electron chi connectivity index (χ4n) is 2.64. The van der Waals surface area contributed by atoms with Crippen molar-refractivity contribution in [2.24, 2.45) is 5.41 Å². The highest BCUT2D eigenvalue weighted by atomic mass is 16.2. The maximum absolute atomic E-state index is 12.5. The van der Waals surface area contributed by atoms with Crippen molar-refractivity contribution < 1.29 is 9.59 Å². The number of anilines is 1. The number of carbonyl (C=O) groups excluding carboxylic acids is 2. The topological polar surface area (TPSA) is 61.4 Å². The van der Waals surface area contributed by atoms with Crippen LogP contribution in [0.15, 0.2) is 18.2 Å². The zero-order valence-electron chi connectivity index (χ0n) is 14.5. The average molecular weight is 317 g/mol. The monoisotopic (exact) mass is 317 g/mol. The van der Waals surface area contributed by atoms with Crippen LogP contribution in [0.2, 0.25) is 0 Å². The Kier molecular flexibility index (Phi) is 5.42. The van der Waals surface area contributed by atoms with Gasteiger partial charge in [0.1, 0.15) is 5.41 Å². The van der Waals surface area contributed by atoms with Gasteiger partial charge >= 0.3 is 0 Å². The summed E-state index contributed by atoms with van der Waals surface area (Å²) in [5.41, 5.74) is 2.09. The number of nitrogens with zero attached hydrogens (tertiary/aromatic N) is 1. The summed E-state index contributed by atoms with van der Waals surface area (Å²) >= 11 is 0. The van der Waals surface area contributed by atoms with Crippen LogP contribution in [0.3, 0.4) is 0 Å². The van der Waals surface area contributed by atoms with E-state index in [1.807, 2.05) is 46.1 Å². The minimum atomic E-state index is -0.866. The molecule has 0 aliphatic heterocycles. The lowest BCUT2D eigenvalue weighted by Gasteiger charge is -2.17. The molecule has 2 rings (SSSR count). The lowest BCUT2D eigenvalue weighted by Crippen LogP contribution is -2.40. The molecule has 23 heavy (non-hydrogen) atoms. The van der Waals surface area contributed by atoms with E-state index in [2.05, 4.69) is 15.5 Å². The summed E-state index contributed by atoms with van der Waals surface area (Å²) in [5.74, 6) is -0.326. The Hall–Kier alpha value is -1.88. The molecule has 126 valence electrons. The average Bonchev–Trinajstić information content (AvgIpc) is 3.28. The molecule has 1 saturated carbocycles. The van der Waals surface area contributed by atoms with Gasteiger partial charge in [0.15, 0.2) is 0 Å². The standard InChI is InChI=1S/C18H27N3O2/c1-13-6-7-15(14(2)12-13)20-17(23)18(8-9-18)16(22)19-10-5-11-21(3)4/h6-7,12H,5,8-11H2,1-4H3,(H,19,22)(H,20,23). The van der Waals surface area contributed by atoms with Crippen LogP contribution >= 0.6 is 0 Å². The van der Waals surface area contributed by atoms with Crippen LogP contribution in [0.1, 0.15) is 30.4 Å². The lowest BCUT2D eigenvalue weighted by molar-refractivity contribution is -0.134. The fraction of sp³-hybridized carbons (Fsp3) is 0.556.